The number of hydrogen-bond acceptors (Lipinski definition) is 1. The van der Waals surface area contributed by atoms with Gasteiger partial charge in [-0.05, 0) is 46.8 Å². The van der Waals surface area contributed by atoms with E-state index in [0.29, 0.717) is 5.56 Å². The van der Waals surface area contributed by atoms with E-state index in [1.54, 1.807) is 12.1 Å². The van der Waals surface area contributed by atoms with Crippen LogP contribution < -0.4 is 0 Å². The molecule has 0 N–H and O–H groups in total. The van der Waals surface area contributed by atoms with Gasteiger partial charge in [-0.1, -0.05) is 43.3 Å². The lowest BCUT2D eigenvalue weighted by Crippen LogP contribution is -1.88. The molecule has 0 spiro atoms. The fourth-order valence-electron chi connectivity index (χ4n) is 1.73. The van der Waals surface area contributed by atoms with Crippen molar-refractivity contribution in [3.63, 3.8) is 0 Å². The van der Waals surface area contributed by atoms with E-state index >= 15 is 0 Å². The maximum atomic E-state index is 10.9. The number of benzene rings is 2. The van der Waals surface area contributed by atoms with Crippen LogP contribution in [0.1, 0.15) is 22.8 Å². The smallest absolute Gasteiger partial charge is 0.252 e. The van der Waals surface area contributed by atoms with Crippen molar-refractivity contribution in [1.82, 2.24) is 0 Å². The summed E-state index contributed by atoms with van der Waals surface area (Å²) in [5.41, 5.74) is 4.09. The second-order valence-electron chi connectivity index (χ2n) is 3.90. The maximum Gasteiger partial charge on any atom is 0.252 e. The minimum Gasteiger partial charge on any atom is -0.276 e. The third-order valence-corrected chi connectivity index (χ3v) is 3.03. The predicted octanol–water partition coefficient (Wildman–Crippen LogP) is 4.30. The van der Waals surface area contributed by atoms with Crippen molar-refractivity contribution in [3.05, 3.63) is 59.7 Å². The van der Waals surface area contributed by atoms with Gasteiger partial charge in [0.05, 0.1) is 0 Å². The zero-order valence-corrected chi connectivity index (χ0v) is 10.4. The van der Waals surface area contributed by atoms with E-state index in [2.05, 4.69) is 31.2 Å². The molecule has 0 radical (unpaired) electrons. The van der Waals surface area contributed by atoms with Crippen molar-refractivity contribution < 1.29 is 4.79 Å². The van der Waals surface area contributed by atoms with E-state index in [4.69, 9.17) is 11.6 Å². The summed E-state index contributed by atoms with van der Waals surface area (Å²) in [4.78, 5) is 10.9. The molecule has 0 aliphatic carbocycles. The summed E-state index contributed by atoms with van der Waals surface area (Å²) >= 11 is 5.40. The summed E-state index contributed by atoms with van der Waals surface area (Å²) in [6.45, 7) is 2.13. The highest BCUT2D eigenvalue weighted by atomic mass is 35.5. The average Bonchev–Trinajstić information content (AvgIpc) is 2.39. The number of carbonyl (C=O) groups is 1. The van der Waals surface area contributed by atoms with Gasteiger partial charge in [0.15, 0.2) is 0 Å². The molecule has 2 heteroatoms. The monoisotopic (exact) mass is 244 g/mol. The van der Waals surface area contributed by atoms with Gasteiger partial charge >= 0.3 is 0 Å². The molecule has 17 heavy (non-hydrogen) atoms. The van der Waals surface area contributed by atoms with Crippen LogP contribution in [0, 0.1) is 0 Å². The van der Waals surface area contributed by atoms with E-state index in [-0.39, 0.29) is 0 Å². The first-order valence-corrected chi connectivity index (χ1v) is 5.97. The van der Waals surface area contributed by atoms with Gasteiger partial charge in [-0.15, -0.1) is 0 Å². The highest BCUT2D eigenvalue weighted by Crippen LogP contribution is 2.21. The van der Waals surface area contributed by atoms with Crippen LogP contribution in [-0.4, -0.2) is 5.24 Å². The maximum absolute atomic E-state index is 10.9. The third-order valence-electron chi connectivity index (χ3n) is 2.81. The van der Waals surface area contributed by atoms with Crippen LogP contribution in [0.25, 0.3) is 11.1 Å². The number of carbonyl (C=O) groups excluding carboxylic acids is 1. The molecule has 0 fully saturated rings. The van der Waals surface area contributed by atoms with Gasteiger partial charge in [0.25, 0.3) is 5.24 Å². The lowest BCUT2D eigenvalue weighted by molar-refractivity contribution is 0.108. The van der Waals surface area contributed by atoms with Crippen molar-refractivity contribution in [2.75, 3.05) is 0 Å². The Morgan fingerprint density at radius 1 is 0.941 bits per heavy atom. The topological polar surface area (TPSA) is 17.1 Å². The molecule has 0 saturated carbocycles. The molecule has 1 nitrogen and oxygen atoms in total. The first-order valence-electron chi connectivity index (χ1n) is 5.60. The lowest BCUT2D eigenvalue weighted by Gasteiger charge is -2.03. The molecular weight excluding hydrogens is 232 g/mol. The number of aryl methyl sites for hydroxylation is 1. The zero-order valence-electron chi connectivity index (χ0n) is 9.61. The van der Waals surface area contributed by atoms with Gasteiger partial charge in [-0.3, -0.25) is 4.79 Å². The summed E-state index contributed by atoms with van der Waals surface area (Å²) in [6.07, 6.45) is 1.04. The Morgan fingerprint density at radius 3 is 1.82 bits per heavy atom. The number of hydrogen-bond donors (Lipinski definition) is 0. The van der Waals surface area contributed by atoms with E-state index in [9.17, 15) is 4.79 Å². The van der Waals surface area contributed by atoms with E-state index in [0.717, 1.165) is 17.5 Å². The van der Waals surface area contributed by atoms with Crippen molar-refractivity contribution >= 4 is 16.8 Å². The Bertz CT molecular complexity index is 512. The summed E-state index contributed by atoms with van der Waals surface area (Å²) < 4.78 is 0. The highest BCUT2D eigenvalue weighted by Gasteiger charge is 2.02. The molecule has 0 heterocycles. The van der Waals surface area contributed by atoms with Crippen LogP contribution >= 0.6 is 11.6 Å². The highest BCUT2D eigenvalue weighted by molar-refractivity contribution is 6.67. The lowest BCUT2D eigenvalue weighted by atomic mass is 10.0. The largest absolute Gasteiger partial charge is 0.276 e. The van der Waals surface area contributed by atoms with Crippen molar-refractivity contribution in [1.29, 1.82) is 0 Å². The SMILES string of the molecule is CCc1ccc(-c2ccc(C(=O)Cl)cc2)cc1. The van der Waals surface area contributed by atoms with Gasteiger partial charge in [0.2, 0.25) is 0 Å². The molecule has 0 atom stereocenters. The predicted molar refractivity (Wildman–Crippen MR) is 71.4 cm³/mol. The molecule has 0 aliphatic rings. The quantitative estimate of drug-likeness (QED) is 0.736. The molecular formula is C15H13ClO. The number of halogens is 1. The molecule has 0 bridgehead atoms. The Hall–Kier alpha value is -1.60. The molecule has 0 saturated heterocycles. The first-order chi connectivity index (χ1) is 8.20. The van der Waals surface area contributed by atoms with Crippen molar-refractivity contribution in [3.8, 4) is 11.1 Å². The van der Waals surface area contributed by atoms with Crippen LogP contribution in [-0.2, 0) is 6.42 Å². The van der Waals surface area contributed by atoms with E-state index < -0.39 is 5.24 Å². The number of rotatable bonds is 3. The summed E-state index contributed by atoms with van der Waals surface area (Å²) in [5, 5.41) is -0.419. The Labute approximate surface area is 106 Å². The van der Waals surface area contributed by atoms with Crippen LogP contribution in [0.3, 0.4) is 0 Å². The van der Waals surface area contributed by atoms with Gasteiger partial charge < -0.3 is 0 Å². The summed E-state index contributed by atoms with van der Waals surface area (Å²) in [6, 6.07) is 15.8. The van der Waals surface area contributed by atoms with Crippen molar-refractivity contribution in [2.45, 2.75) is 13.3 Å². The van der Waals surface area contributed by atoms with Gasteiger partial charge in [0.1, 0.15) is 0 Å². The molecule has 0 aromatic heterocycles. The zero-order chi connectivity index (χ0) is 12.3. The fourth-order valence-corrected chi connectivity index (χ4v) is 1.85. The van der Waals surface area contributed by atoms with Crippen molar-refractivity contribution in [2.24, 2.45) is 0 Å². The van der Waals surface area contributed by atoms with Crippen LogP contribution in [0.5, 0.6) is 0 Å². The second kappa shape index (κ2) is 5.15. The molecule has 0 amide bonds. The summed E-state index contributed by atoms with van der Waals surface area (Å²) in [5.74, 6) is 0. The third kappa shape index (κ3) is 2.75. The van der Waals surface area contributed by atoms with Crippen LogP contribution in [0.2, 0.25) is 0 Å². The minimum atomic E-state index is -0.419. The molecule has 86 valence electrons. The summed E-state index contributed by atoms with van der Waals surface area (Å²) in [7, 11) is 0. The van der Waals surface area contributed by atoms with E-state index in [1.165, 1.54) is 5.56 Å². The molecule has 0 unspecified atom stereocenters. The van der Waals surface area contributed by atoms with Gasteiger partial charge in [-0.25, -0.2) is 0 Å². The second-order valence-corrected chi connectivity index (χ2v) is 4.24. The van der Waals surface area contributed by atoms with Gasteiger partial charge in [0, 0.05) is 5.56 Å². The van der Waals surface area contributed by atoms with E-state index in [1.807, 2.05) is 12.1 Å². The minimum absolute atomic E-state index is 0.419. The first kappa shape index (κ1) is 11.9. The molecule has 2 rings (SSSR count). The molecule has 2 aromatic rings. The average molecular weight is 245 g/mol. The normalized spacial score (nSPS) is 10.2. The van der Waals surface area contributed by atoms with Gasteiger partial charge in [-0.2, -0.15) is 0 Å². The van der Waals surface area contributed by atoms with Crippen LogP contribution in [0.4, 0.5) is 0 Å². The Kier molecular flexibility index (Phi) is 3.60. The Balaban J connectivity index is 2.29. The molecule has 0 aliphatic heterocycles. The Morgan fingerprint density at radius 2 is 1.41 bits per heavy atom. The van der Waals surface area contributed by atoms with Crippen LogP contribution in [0.15, 0.2) is 48.5 Å². The fraction of sp³-hybridized carbons (Fsp3) is 0.133. The standard InChI is InChI=1S/C15H13ClO/c1-2-11-3-5-12(6-4-11)13-7-9-14(10-8-13)15(16)17/h3-10H,2H2,1H3. The molecule has 2 aromatic carbocycles.